The average molecular weight is 305 g/mol. The van der Waals surface area contributed by atoms with Crippen LogP contribution in [0.3, 0.4) is 0 Å². The van der Waals surface area contributed by atoms with E-state index in [1.807, 2.05) is 47.4 Å². The first kappa shape index (κ1) is 13.6. The molecular weight excluding hydrogens is 290 g/mol. The van der Waals surface area contributed by atoms with E-state index in [1.165, 1.54) is 0 Å². The molecule has 6 heteroatoms. The number of aromatic nitrogens is 4. The number of pyridine rings is 1. The number of benzene rings is 1. The lowest BCUT2D eigenvalue weighted by Crippen LogP contribution is -2.38. The minimum atomic E-state index is 0.0327. The van der Waals surface area contributed by atoms with Gasteiger partial charge in [0.1, 0.15) is 0 Å². The van der Waals surface area contributed by atoms with Crippen molar-refractivity contribution >= 4 is 5.91 Å². The molecule has 0 N–H and O–H groups in total. The number of fused-ring (bicyclic) bond motifs is 1. The van der Waals surface area contributed by atoms with Gasteiger partial charge >= 0.3 is 0 Å². The van der Waals surface area contributed by atoms with E-state index in [0.717, 1.165) is 17.2 Å². The number of carbonyl (C=O) groups excluding carboxylic acids is 1. The first-order valence-electron chi connectivity index (χ1n) is 7.50. The second-order valence-electron chi connectivity index (χ2n) is 5.42. The Morgan fingerprint density at radius 2 is 1.74 bits per heavy atom. The Hall–Kier alpha value is -3.02. The number of nitrogens with zero attached hydrogens (tertiary/aromatic N) is 5. The minimum absolute atomic E-state index is 0.0327. The van der Waals surface area contributed by atoms with Gasteiger partial charge in [0.25, 0.3) is 5.91 Å². The highest BCUT2D eigenvalue weighted by molar-refractivity contribution is 5.94. The summed E-state index contributed by atoms with van der Waals surface area (Å²) >= 11 is 0. The zero-order valence-corrected chi connectivity index (χ0v) is 12.5. The summed E-state index contributed by atoms with van der Waals surface area (Å²) in [4.78, 5) is 18.4. The fourth-order valence-electron chi connectivity index (χ4n) is 2.81. The van der Waals surface area contributed by atoms with E-state index in [2.05, 4.69) is 19.7 Å². The maximum Gasteiger partial charge on any atom is 0.254 e. The molecule has 0 saturated carbocycles. The lowest BCUT2D eigenvalue weighted by atomic mass is 10.2. The van der Waals surface area contributed by atoms with E-state index >= 15 is 0 Å². The highest BCUT2D eigenvalue weighted by Gasteiger charge is 2.25. The summed E-state index contributed by atoms with van der Waals surface area (Å²) in [7, 11) is 0. The van der Waals surface area contributed by atoms with Crippen LogP contribution in [0.5, 0.6) is 0 Å². The van der Waals surface area contributed by atoms with Crippen LogP contribution in [0, 0.1) is 0 Å². The molecule has 114 valence electrons. The molecule has 1 aliphatic heterocycles. The lowest BCUT2D eigenvalue weighted by molar-refractivity contribution is 0.0708. The summed E-state index contributed by atoms with van der Waals surface area (Å²) in [5, 5.41) is 8.54. The van der Waals surface area contributed by atoms with Crippen molar-refractivity contribution in [1.82, 2.24) is 24.6 Å². The second-order valence-corrected chi connectivity index (χ2v) is 5.42. The molecule has 1 amide bonds. The van der Waals surface area contributed by atoms with E-state index in [-0.39, 0.29) is 5.91 Å². The number of rotatable bonds is 2. The van der Waals surface area contributed by atoms with Crippen LogP contribution in [0.2, 0.25) is 0 Å². The third kappa shape index (κ3) is 2.48. The van der Waals surface area contributed by atoms with Gasteiger partial charge in [0, 0.05) is 36.6 Å². The second kappa shape index (κ2) is 5.64. The molecule has 0 spiro atoms. The minimum Gasteiger partial charge on any atom is -0.329 e. The largest absolute Gasteiger partial charge is 0.329 e. The van der Waals surface area contributed by atoms with Gasteiger partial charge in [-0.25, -0.2) is 0 Å². The molecule has 3 aromatic rings. The van der Waals surface area contributed by atoms with E-state index in [0.29, 0.717) is 25.2 Å². The zero-order chi connectivity index (χ0) is 15.6. The highest BCUT2D eigenvalue weighted by atomic mass is 16.2. The number of amides is 1. The van der Waals surface area contributed by atoms with Crippen molar-refractivity contribution in [3.63, 3.8) is 0 Å². The number of carbonyl (C=O) groups is 1. The molecule has 0 atom stereocenters. The first-order chi connectivity index (χ1) is 11.3. The van der Waals surface area contributed by atoms with Crippen molar-refractivity contribution in [2.45, 2.75) is 13.1 Å². The highest BCUT2D eigenvalue weighted by Crippen LogP contribution is 2.21. The number of hydrogen-bond donors (Lipinski definition) is 0. The molecular formula is C17H15N5O. The van der Waals surface area contributed by atoms with Crippen LogP contribution in [0.1, 0.15) is 16.2 Å². The van der Waals surface area contributed by atoms with Crippen molar-refractivity contribution in [2.75, 3.05) is 6.54 Å². The Morgan fingerprint density at radius 1 is 0.957 bits per heavy atom. The zero-order valence-electron chi connectivity index (χ0n) is 12.5. The molecule has 2 aromatic heterocycles. The Kier molecular flexibility index (Phi) is 3.34. The molecule has 0 aliphatic carbocycles. The van der Waals surface area contributed by atoms with Gasteiger partial charge in [-0.1, -0.05) is 18.2 Å². The SMILES string of the molecule is O=C(c1ccccc1)N1CCn2c(nnc2-c2ccncc2)C1. The van der Waals surface area contributed by atoms with Gasteiger partial charge in [0.05, 0.1) is 6.54 Å². The van der Waals surface area contributed by atoms with Gasteiger partial charge in [-0.15, -0.1) is 10.2 Å². The molecule has 1 aliphatic rings. The molecule has 3 heterocycles. The van der Waals surface area contributed by atoms with E-state index in [1.54, 1.807) is 12.4 Å². The molecule has 0 radical (unpaired) electrons. The fraction of sp³-hybridized carbons (Fsp3) is 0.176. The van der Waals surface area contributed by atoms with Crippen LogP contribution < -0.4 is 0 Å². The maximum atomic E-state index is 12.5. The van der Waals surface area contributed by atoms with Gasteiger partial charge in [0.15, 0.2) is 11.6 Å². The van der Waals surface area contributed by atoms with Crippen molar-refractivity contribution in [1.29, 1.82) is 0 Å². The van der Waals surface area contributed by atoms with Crippen LogP contribution in [0.25, 0.3) is 11.4 Å². The topological polar surface area (TPSA) is 63.9 Å². The van der Waals surface area contributed by atoms with Crippen LogP contribution >= 0.6 is 0 Å². The first-order valence-corrected chi connectivity index (χ1v) is 7.50. The summed E-state index contributed by atoms with van der Waals surface area (Å²) in [6.45, 7) is 1.82. The summed E-state index contributed by atoms with van der Waals surface area (Å²) in [6.07, 6.45) is 3.48. The molecule has 6 nitrogen and oxygen atoms in total. The van der Waals surface area contributed by atoms with Crippen LogP contribution in [0.4, 0.5) is 0 Å². The predicted octanol–water partition coefficient (Wildman–Crippen LogP) is 2.00. The Labute approximate surface area is 133 Å². The van der Waals surface area contributed by atoms with Crippen molar-refractivity contribution in [3.8, 4) is 11.4 Å². The Balaban J connectivity index is 1.60. The van der Waals surface area contributed by atoms with Gasteiger partial charge in [-0.3, -0.25) is 9.78 Å². The Bertz CT molecular complexity index is 829. The molecule has 0 bridgehead atoms. The molecule has 0 fully saturated rings. The van der Waals surface area contributed by atoms with E-state index < -0.39 is 0 Å². The van der Waals surface area contributed by atoms with Crippen molar-refractivity contribution < 1.29 is 4.79 Å². The third-order valence-corrected chi connectivity index (χ3v) is 4.00. The average Bonchev–Trinajstić information content (AvgIpc) is 3.06. The summed E-state index contributed by atoms with van der Waals surface area (Å²) in [5.74, 6) is 1.67. The lowest BCUT2D eigenvalue weighted by Gasteiger charge is -2.28. The van der Waals surface area contributed by atoms with Crippen molar-refractivity contribution in [3.05, 3.63) is 66.2 Å². The van der Waals surface area contributed by atoms with Crippen LogP contribution in [0.15, 0.2) is 54.9 Å². The van der Waals surface area contributed by atoms with Crippen LogP contribution in [-0.4, -0.2) is 37.1 Å². The quantitative estimate of drug-likeness (QED) is 0.726. The van der Waals surface area contributed by atoms with Gasteiger partial charge in [0.2, 0.25) is 0 Å². The summed E-state index contributed by atoms with van der Waals surface area (Å²) in [6, 6.07) is 13.2. The smallest absolute Gasteiger partial charge is 0.254 e. The van der Waals surface area contributed by atoms with Crippen molar-refractivity contribution in [2.24, 2.45) is 0 Å². The third-order valence-electron chi connectivity index (χ3n) is 4.00. The van der Waals surface area contributed by atoms with Crippen LogP contribution in [-0.2, 0) is 13.1 Å². The van der Waals surface area contributed by atoms with Gasteiger partial charge in [-0.2, -0.15) is 0 Å². The van der Waals surface area contributed by atoms with Gasteiger partial charge < -0.3 is 9.47 Å². The van der Waals surface area contributed by atoms with E-state index in [9.17, 15) is 4.79 Å². The number of hydrogen-bond acceptors (Lipinski definition) is 4. The standard InChI is InChI=1S/C17H15N5O/c23-17(14-4-2-1-3-5-14)21-10-11-22-15(12-21)19-20-16(22)13-6-8-18-9-7-13/h1-9H,10-12H2. The molecule has 4 rings (SSSR count). The van der Waals surface area contributed by atoms with Gasteiger partial charge in [-0.05, 0) is 24.3 Å². The summed E-state index contributed by atoms with van der Waals surface area (Å²) < 4.78 is 2.07. The molecule has 0 unspecified atom stereocenters. The predicted molar refractivity (Wildman–Crippen MR) is 84.4 cm³/mol. The maximum absolute atomic E-state index is 12.5. The molecule has 0 saturated heterocycles. The Morgan fingerprint density at radius 3 is 2.52 bits per heavy atom. The molecule has 1 aromatic carbocycles. The summed E-state index contributed by atoms with van der Waals surface area (Å²) in [5.41, 5.74) is 1.69. The normalized spacial score (nSPS) is 13.7. The van der Waals surface area contributed by atoms with E-state index in [4.69, 9.17) is 0 Å². The fourth-order valence-corrected chi connectivity index (χ4v) is 2.81. The monoisotopic (exact) mass is 305 g/mol. The molecule has 23 heavy (non-hydrogen) atoms.